The molecule has 2 aromatic carbocycles. The number of carbonyl (C=O) groups is 1. The van der Waals surface area contributed by atoms with Crippen molar-refractivity contribution in [3.63, 3.8) is 0 Å². The van der Waals surface area contributed by atoms with Crippen molar-refractivity contribution < 1.29 is 4.79 Å². The number of nitrogens with zero attached hydrogens (tertiary/aromatic N) is 2. The molecule has 0 radical (unpaired) electrons. The van der Waals surface area contributed by atoms with Crippen molar-refractivity contribution in [3.8, 4) is 0 Å². The molecule has 0 saturated heterocycles. The Hall–Kier alpha value is -2.59. The van der Waals surface area contributed by atoms with E-state index >= 15 is 0 Å². The minimum absolute atomic E-state index is 0.0680. The first-order valence-electron chi connectivity index (χ1n) is 8.91. The Kier molecular flexibility index (Phi) is 5.38. The van der Waals surface area contributed by atoms with Crippen LogP contribution in [0.25, 0.3) is 5.57 Å². The molecule has 2 aromatic rings. The van der Waals surface area contributed by atoms with Gasteiger partial charge in [-0.2, -0.15) is 5.10 Å². The summed E-state index contributed by atoms with van der Waals surface area (Å²) in [7, 11) is 2.07. The third kappa shape index (κ3) is 4.22. The number of fused-ring (bicyclic) bond motifs is 1. The molecule has 0 spiro atoms. The molecule has 3 rings (SSSR count). The summed E-state index contributed by atoms with van der Waals surface area (Å²) in [6.07, 6.45) is 4.13. The van der Waals surface area contributed by atoms with E-state index < -0.39 is 0 Å². The first-order valence-corrected chi connectivity index (χ1v) is 9.29. The Morgan fingerprint density at radius 3 is 2.67 bits per heavy atom. The van der Waals surface area contributed by atoms with E-state index in [0.29, 0.717) is 5.02 Å². The number of hydrogen-bond donors (Lipinski definition) is 1. The highest BCUT2D eigenvalue weighted by atomic mass is 35.5. The number of nitrogens with one attached hydrogen (secondary N) is 1. The van der Waals surface area contributed by atoms with E-state index in [-0.39, 0.29) is 17.9 Å². The van der Waals surface area contributed by atoms with Crippen LogP contribution < -0.4 is 10.3 Å². The minimum Gasteiger partial charge on any atom is -0.365 e. The van der Waals surface area contributed by atoms with Crippen LogP contribution in [0.15, 0.2) is 53.6 Å². The average Bonchev–Trinajstić information content (AvgIpc) is 2.61. The Balaban J connectivity index is 1.76. The summed E-state index contributed by atoms with van der Waals surface area (Å²) in [4.78, 5) is 14.2. The monoisotopic (exact) mass is 381 g/mol. The fourth-order valence-corrected chi connectivity index (χ4v) is 3.49. The van der Waals surface area contributed by atoms with Crippen molar-refractivity contribution in [2.24, 2.45) is 5.10 Å². The maximum atomic E-state index is 12.0. The normalized spacial score (nSPS) is 15.4. The molecule has 0 saturated carbocycles. The van der Waals surface area contributed by atoms with Crippen LogP contribution in [0, 0.1) is 0 Å². The highest BCUT2D eigenvalue weighted by molar-refractivity contribution is 6.33. The number of halogens is 1. The van der Waals surface area contributed by atoms with Crippen LogP contribution in [0.3, 0.4) is 0 Å². The molecule has 5 heteroatoms. The van der Waals surface area contributed by atoms with Gasteiger partial charge in [-0.05, 0) is 44.0 Å². The number of benzene rings is 2. The Morgan fingerprint density at radius 2 is 1.96 bits per heavy atom. The van der Waals surface area contributed by atoms with Crippen LogP contribution in [0.4, 0.5) is 5.69 Å². The van der Waals surface area contributed by atoms with E-state index in [9.17, 15) is 4.79 Å². The molecule has 0 unspecified atom stereocenters. The number of allylic oxidation sites excluding steroid dienone is 1. The molecule has 1 heterocycles. The molecule has 1 aliphatic rings. The third-order valence-corrected chi connectivity index (χ3v) is 5.26. The van der Waals surface area contributed by atoms with Gasteiger partial charge in [0, 0.05) is 23.9 Å². The summed E-state index contributed by atoms with van der Waals surface area (Å²) in [5.41, 5.74) is 7.64. The number of likely N-dealkylation sites (N-methyl/N-ethyl adjacent to an activating group) is 1. The lowest BCUT2D eigenvalue weighted by atomic mass is 9.88. The largest absolute Gasteiger partial charge is 0.365 e. The van der Waals surface area contributed by atoms with Crippen LogP contribution in [0.5, 0.6) is 0 Å². The van der Waals surface area contributed by atoms with Gasteiger partial charge in [0.2, 0.25) is 5.91 Å². The van der Waals surface area contributed by atoms with Gasteiger partial charge >= 0.3 is 0 Å². The molecule has 27 heavy (non-hydrogen) atoms. The number of rotatable bonds is 4. The van der Waals surface area contributed by atoms with Gasteiger partial charge < -0.3 is 4.90 Å². The maximum absolute atomic E-state index is 12.0. The second-order valence-corrected chi connectivity index (χ2v) is 7.79. The van der Waals surface area contributed by atoms with Crippen molar-refractivity contribution in [2.75, 3.05) is 11.9 Å². The lowest BCUT2D eigenvalue weighted by molar-refractivity contribution is -0.120. The van der Waals surface area contributed by atoms with E-state index in [2.05, 4.69) is 49.3 Å². The van der Waals surface area contributed by atoms with Gasteiger partial charge in [-0.25, -0.2) is 5.43 Å². The topological polar surface area (TPSA) is 44.7 Å². The second kappa shape index (κ2) is 7.57. The van der Waals surface area contributed by atoms with Crippen molar-refractivity contribution in [2.45, 2.75) is 32.7 Å². The van der Waals surface area contributed by atoms with E-state index in [1.807, 2.05) is 42.5 Å². The quantitative estimate of drug-likeness (QED) is 0.618. The summed E-state index contributed by atoms with van der Waals surface area (Å²) >= 11 is 6.46. The van der Waals surface area contributed by atoms with E-state index in [4.69, 9.17) is 11.6 Å². The summed E-state index contributed by atoms with van der Waals surface area (Å²) in [5, 5.41) is 4.68. The van der Waals surface area contributed by atoms with Crippen LogP contribution in [0.2, 0.25) is 5.02 Å². The van der Waals surface area contributed by atoms with Crippen molar-refractivity contribution in [1.82, 2.24) is 5.43 Å². The van der Waals surface area contributed by atoms with Gasteiger partial charge in [0.1, 0.15) is 0 Å². The fourth-order valence-electron chi connectivity index (χ4n) is 3.28. The molecule has 0 fully saturated rings. The van der Waals surface area contributed by atoms with Crippen LogP contribution in [-0.2, 0) is 11.2 Å². The number of carbonyl (C=O) groups excluding carboxylic acids is 1. The molecule has 0 bridgehead atoms. The molecule has 0 aliphatic carbocycles. The zero-order chi connectivity index (χ0) is 19.6. The predicted molar refractivity (Wildman–Crippen MR) is 113 cm³/mol. The van der Waals surface area contributed by atoms with Crippen LogP contribution in [0.1, 0.15) is 37.5 Å². The molecule has 1 N–H and O–H groups in total. The molecule has 1 amide bonds. The van der Waals surface area contributed by atoms with Gasteiger partial charge in [0.25, 0.3) is 0 Å². The Labute approximate surface area is 165 Å². The molecular formula is C22H24ClN3O. The van der Waals surface area contributed by atoms with Gasteiger partial charge in [-0.3, -0.25) is 4.79 Å². The maximum Gasteiger partial charge on any atom is 0.244 e. The molecule has 0 aromatic heterocycles. The Bertz CT molecular complexity index is 917. The SMILES string of the molecule is CC1=CC(C)(C)N(C)c2cc(Cl)c(/C=N\NC(=O)Cc3ccccc3)cc21. The average molecular weight is 382 g/mol. The number of anilines is 1. The summed E-state index contributed by atoms with van der Waals surface area (Å²) in [6.45, 7) is 6.44. The zero-order valence-electron chi connectivity index (χ0n) is 16.1. The number of amides is 1. The molecule has 140 valence electrons. The summed E-state index contributed by atoms with van der Waals surface area (Å²) in [6, 6.07) is 13.5. The van der Waals surface area contributed by atoms with Gasteiger partial charge in [-0.1, -0.05) is 48.0 Å². The molecular weight excluding hydrogens is 358 g/mol. The van der Waals surface area contributed by atoms with Crippen LogP contribution >= 0.6 is 11.6 Å². The smallest absolute Gasteiger partial charge is 0.244 e. The summed E-state index contributed by atoms with van der Waals surface area (Å²) in [5.74, 6) is -0.163. The van der Waals surface area contributed by atoms with Gasteiger partial charge in [0.05, 0.1) is 23.2 Å². The lowest BCUT2D eigenvalue weighted by Gasteiger charge is -2.40. The fraction of sp³-hybridized carbons (Fsp3) is 0.273. The zero-order valence-corrected chi connectivity index (χ0v) is 16.8. The number of hydrogen-bond acceptors (Lipinski definition) is 3. The first-order chi connectivity index (χ1) is 12.8. The lowest BCUT2D eigenvalue weighted by Crippen LogP contribution is -2.42. The molecule has 4 nitrogen and oxygen atoms in total. The summed E-state index contributed by atoms with van der Waals surface area (Å²) < 4.78 is 0. The highest BCUT2D eigenvalue weighted by Crippen LogP contribution is 2.40. The standard InChI is InChI=1S/C22H24ClN3O/c1-15-13-22(2,3)26(4)20-12-19(23)17(11-18(15)20)14-24-25-21(27)10-16-8-6-5-7-9-16/h5-9,11-14H,10H2,1-4H3,(H,25,27)/b24-14-. The van der Waals surface area contributed by atoms with E-state index in [0.717, 1.165) is 22.4 Å². The van der Waals surface area contributed by atoms with Gasteiger partial charge in [0.15, 0.2) is 0 Å². The Morgan fingerprint density at radius 1 is 1.26 bits per heavy atom. The minimum atomic E-state index is -0.163. The van der Waals surface area contributed by atoms with E-state index in [1.54, 1.807) is 6.21 Å². The van der Waals surface area contributed by atoms with Crippen molar-refractivity contribution in [3.05, 3.63) is 70.3 Å². The van der Waals surface area contributed by atoms with E-state index in [1.165, 1.54) is 5.57 Å². The first kappa shape index (κ1) is 19.2. The molecule has 1 aliphatic heterocycles. The van der Waals surface area contributed by atoms with Crippen molar-refractivity contribution >= 4 is 35.0 Å². The molecule has 0 atom stereocenters. The van der Waals surface area contributed by atoms with Crippen molar-refractivity contribution in [1.29, 1.82) is 0 Å². The number of hydrazone groups is 1. The highest BCUT2D eigenvalue weighted by Gasteiger charge is 2.29. The van der Waals surface area contributed by atoms with Crippen LogP contribution in [-0.4, -0.2) is 24.7 Å². The predicted octanol–water partition coefficient (Wildman–Crippen LogP) is 4.66. The third-order valence-electron chi connectivity index (χ3n) is 4.94. The van der Waals surface area contributed by atoms with Gasteiger partial charge in [-0.15, -0.1) is 0 Å². The second-order valence-electron chi connectivity index (χ2n) is 7.39.